The number of hydrogen-bond acceptors (Lipinski definition) is 7. The molecule has 0 radical (unpaired) electrons. The van der Waals surface area contributed by atoms with Gasteiger partial charge >= 0.3 is 11.9 Å². The maximum atomic E-state index is 13.2. The Morgan fingerprint density at radius 1 is 0.744 bits per heavy atom. The first-order valence-corrected chi connectivity index (χ1v) is 14.0. The van der Waals surface area contributed by atoms with Gasteiger partial charge in [0.05, 0.1) is 27.4 Å². The van der Waals surface area contributed by atoms with Crippen LogP contribution in [0.25, 0.3) is 0 Å². The van der Waals surface area contributed by atoms with Crippen molar-refractivity contribution in [3.05, 3.63) is 117 Å². The predicted molar refractivity (Wildman–Crippen MR) is 169 cm³/mol. The smallest absolute Gasteiger partial charge is 0.348 e. The maximum Gasteiger partial charge on any atom is 0.348 e. The van der Waals surface area contributed by atoms with E-state index in [9.17, 15) is 19.7 Å². The molecule has 0 amide bonds. The second-order valence-corrected chi connectivity index (χ2v) is 11.5. The Hall–Kier alpha value is -3.23. The summed E-state index contributed by atoms with van der Waals surface area (Å²) in [5.41, 5.74) is 3.48. The van der Waals surface area contributed by atoms with Gasteiger partial charge in [0.1, 0.15) is 0 Å². The number of rotatable bonds is 7. The molecule has 0 bridgehead atoms. The number of nitrogens with zero attached hydrogens (tertiary/aromatic N) is 1. The fraction of sp³-hybridized carbons (Fsp3) is 0.0714. The Kier molecular flexibility index (Phi) is 9.08. The van der Waals surface area contributed by atoms with E-state index in [0.717, 1.165) is 30.0 Å². The normalized spacial score (nSPS) is 10.6. The number of aryl methyl sites for hydroxylation is 2. The minimum atomic E-state index is -1.04. The van der Waals surface area contributed by atoms with Crippen LogP contribution in [0.15, 0.2) is 72.8 Å². The van der Waals surface area contributed by atoms with Crippen molar-refractivity contribution in [3.8, 4) is 0 Å². The first kappa shape index (κ1) is 28.8. The monoisotopic (exact) mass is 767 g/mol. The van der Waals surface area contributed by atoms with Crippen molar-refractivity contribution in [1.82, 2.24) is 0 Å². The van der Waals surface area contributed by atoms with Gasteiger partial charge in [-0.25, -0.2) is 9.59 Å². The van der Waals surface area contributed by atoms with Gasteiger partial charge in [-0.1, -0.05) is 11.6 Å². The molecule has 39 heavy (non-hydrogen) atoms. The lowest BCUT2D eigenvalue weighted by Crippen LogP contribution is -2.16. The van der Waals surface area contributed by atoms with Crippen LogP contribution in [-0.2, 0) is 4.74 Å². The Balaban J connectivity index is 1.65. The molecule has 0 unspecified atom stereocenters. The fourth-order valence-electron chi connectivity index (χ4n) is 3.74. The summed E-state index contributed by atoms with van der Waals surface area (Å²) < 4.78 is 7.30. The van der Waals surface area contributed by atoms with E-state index in [1.165, 1.54) is 24.3 Å². The molecule has 0 saturated carbocycles. The van der Waals surface area contributed by atoms with Crippen molar-refractivity contribution in [3.63, 3.8) is 0 Å². The van der Waals surface area contributed by atoms with E-state index < -0.39 is 16.9 Å². The zero-order valence-corrected chi connectivity index (χ0v) is 25.6. The highest BCUT2D eigenvalue weighted by molar-refractivity contribution is 14.1. The molecule has 0 saturated heterocycles. The lowest BCUT2D eigenvalue weighted by molar-refractivity contribution is -0.384. The molecule has 2 N–H and O–H groups in total. The summed E-state index contributed by atoms with van der Waals surface area (Å²) in [7, 11) is 0. The molecule has 0 fully saturated rings. The minimum Gasteiger partial charge on any atom is -0.386 e. The third-order valence-electron chi connectivity index (χ3n) is 5.74. The number of benzene rings is 4. The average Bonchev–Trinajstić information content (AvgIpc) is 2.87. The summed E-state index contributed by atoms with van der Waals surface area (Å²) in [6.45, 7) is 3.81. The zero-order chi connectivity index (χ0) is 28.3. The molecular formula is C28H20ClI2N3O5. The fourth-order valence-corrected chi connectivity index (χ4v) is 5.21. The second-order valence-electron chi connectivity index (χ2n) is 8.52. The zero-order valence-electron chi connectivity index (χ0n) is 20.6. The first-order valence-electron chi connectivity index (χ1n) is 11.4. The second kappa shape index (κ2) is 12.3. The lowest BCUT2D eigenvalue weighted by atomic mass is 10.1. The van der Waals surface area contributed by atoms with Crippen LogP contribution in [0.3, 0.4) is 0 Å². The number of ether oxygens (including phenoxy) is 1. The summed E-state index contributed by atoms with van der Waals surface area (Å²) in [6.07, 6.45) is 0. The number of nitro groups is 1. The van der Waals surface area contributed by atoms with Crippen molar-refractivity contribution in [2.24, 2.45) is 0 Å². The molecule has 4 aromatic rings. The third-order valence-corrected chi connectivity index (χ3v) is 7.31. The summed E-state index contributed by atoms with van der Waals surface area (Å²) in [5, 5.41) is 18.1. The van der Waals surface area contributed by atoms with Crippen molar-refractivity contribution < 1.29 is 19.2 Å². The quantitative estimate of drug-likeness (QED) is 0.0638. The summed E-state index contributed by atoms with van der Waals surface area (Å²) in [5.74, 6) is -1.98. The van der Waals surface area contributed by atoms with E-state index in [1.54, 1.807) is 6.07 Å². The highest BCUT2D eigenvalue weighted by Gasteiger charge is 2.24. The van der Waals surface area contributed by atoms with E-state index in [-0.39, 0.29) is 22.5 Å². The predicted octanol–water partition coefficient (Wildman–Crippen LogP) is 8.56. The molecular weight excluding hydrogens is 748 g/mol. The van der Waals surface area contributed by atoms with Crippen LogP contribution in [0.4, 0.5) is 28.4 Å². The van der Waals surface area contributed by atoms with E-state index in [1.807, 2.05) is 50.2 Å². The number of esters is 2. The van der Waals surface area contributed by atoms with Gasteiger partial charge in [0, 0.05) is 35.7 Å². The highest BCUT2D eigenvalue weighted by Crippen LogP contribution is 2.31. The average molecular weight is 768 g/mol. The van der Waals surface area contributed by atoms with Crippen LogP contribution in [0.1, 0.15) is 31.8 Å². The van der Waals surface area contributed by atoms with Gasteiger partial charge in [0.15, 0.2) is 0 Å². The number of hydrogen-bond donors (Lipinski definition) is 2. The Morgan fingerprint density at radius 2 is 1.28 bits per heavy atom. The molecule has 8 nitrogen and oxygen atoms in total. The number of non-ortho nitro benzene ring substituents is 1. The molecule has 0 aliphatic carbocycles. The molecule has 0 spiro atoms. The van der Waals surface area contributed by atoms with Gasteiger partial charge in [-0.2, -0.15) is 0 Å². The molecule has 4 rings (SSSR count). The van der Waals surface area contributed by atoms with Crippen LogP contribution in [0, 0.1) is 31.1 Å². The van der Waals surface area contributed by atoms with E-state index in [2.05, 4.69) is 55.8 Å². The highest BCUT2D eigenvalue weighted by atomic mass is 127. The minimum absolute atomic E-state index is 0.0686. The van der Waals surface area contributed by atoms with Crippen LogP contribution < -0.4 is 10.6 Å². The maximum absolute atomic E-state index is 13.2. The van der Waals surface area contributed by atoms with Crippen molar-refractivity contribution in [1.29, 1.82) is 0 Å². The Bertz CT molecular complexity index is 1630. The van der Waals surface area contributed by atoms with Gasteiger partial charge in [0.2, 0.25) is 0 Å². The number of nitrogens with one attached hydrogen (secondary N) is 2. The number of anilines is 4. The van der Waals surface area contributed by atoms with Gasteiger partial charge in [-0.3, -0.25) is 10.1 Å². The topological polar surface area (TPSA) is 111 Å². The summed E-state index contributed by atoms with van der Waals surface area (Å²) >= 11 is 10.6. The van der Waals surface area contributed by atoms with E-state index >= 15 is 0 Å². The number of carbonyl (C=O) groups excluding carboxylic acids is 2. The Labute approximate surface area is 256 Å². The first-order chi connectivity index (χ1) is 18.5. The van der Waals surface area contributed by atoms with Crippen molar-refractivity contribution >= 4 is 97.2 Å². The van der Waals surface area contributed by atoms with Crippen LogP contribution in [0.2, 0.25) is 5.02 Å². The van der Waals surface area contributed by atoms with Gasteiger partial charge in [0.25, 0.3) is 5.69 Å². The van der Waals surface area contributed by atoms with E-state index in [4.69, 9.17) is 16.3 Å². The summed E-state index contributed by atoms with van der Waals surface area (Å²) in [6, 6.07) is 19.7. The van der Waals surface area contributed by atoms with Gasteiger partial charge in [-0.05, 0) is 131 Å². The standard InChI is InChI=1S/C28H20ClI2N3O5/c1-15-11-18(30)4-8-23(15)32-25-10-6-20(34(37)38)14-22(25)28(36)39-27(35)21-7-3-17(29)13-26(21)33-24-9-5-19(31)12-16(24)2/h3-14,32-33H,1-2H3. The third kappa shape index (κ3) is 7.05. The molecule has 0 aliphatic rings. The largest absolute Gasteiger partial charge is 0.386 e. The number of carbonyl (C=O) groups is 2. The molecule has 11 heteroatoms. The van der Waals surface area contributed by atoms with Crippen LogP contribution >= 0.6 is 56.8 Å². The molecule has 198 valence electrons. The van der Waals surface area contributed by atoms with Crippen LogP contribution in [-0.4, -0.2) is 16.9 Å². The van der Waals surface area contributed by atoms with Gasteiger partial charge < -0.3 is 15.4 Å². The lowest BCUT2D eigenvalue weighted by Gasteiger charge is -2.15. The van der Waals surface area contributed by atoms with Crippen molar-refractivity contribution in [2.75, 3.05) is 10.6 Å². The van der Waals surface area contributed by atoms with Crippen LogP contribution in [0.5, 0.6) is 0 Å². The molecule has 0 heterocycles. The van der Waals surface area contributed by atoms with Gasteiger partial charge in [-0.15, -0.1) is 0 Å². The number of nitro benzene ring substituents is 1. The number of halogens is 3. The van der Waals surface area contributed by atoms with E-state index in [0.29, 0.717) is 16.4 Å². The SMILES string of the molecule is Cc1cc(I)ccc1Nc1cc(Cl)ccc1C(=O)OC(=O)c1cc([N+](=O)[O-])ccc1Nc1ccc(I)cc1C. The molecule has 0 aromatic heterocycles. The molecule has 0 atom stereocenters. The van der Waals surface area contributed by atoms with Crippen molar-refractivity contribution in [2.45, 2.75) is 13.8 Å². The Morgan fingerprint density at radius 3 is 1.85 bits per heavy atom. The molecule has 4 aromatic carbocycles. The summed E-state index contributed by atoms with van der Waals surface area (Å²) in [4.78, 5) is 37.2. The molecule has 0 aliphatic heterocycles.